The van der Waals surface area contributed by atoms with Gasteiger partial charge in [0, 0.05) is 39.2 Å². The van der Waals surface area contributed by atoms with Crippen molar-refractivity contribution in [2.45, 2.75) is 19.3 Å². The highest BCUT2D eigenvalue weighted by Crippen LogP contribution is 2.50. The summed E-state index contributed by atoms with van der Waals surface area (Å²) in [5, 5.41) is 2.26. The number of hydrogen-bond acceptors (Lipinski definition) is 3. The van der Waals surface area contributed by atoms with Gasteiger partial charge < -0.3 is 14.2 Å². The lowest BCUT2D eigenvalue weighted by molar-refractivity contribution is 0.660. The SMILES string of the molecule is CC1(C)c2ccccc2-c2ccc(-c3ccc(N4c5ccccc5B5c6ccccc6N(c6cccc7oc8ccccc8c67)c6cccc4c65)cc3)cc21. The van der Waals surface area contributed by atoms with E-state index in [1.165, 1.54) is 72.5 Å². The summed E-state index contributed by atoms with van der Waals surface area (Å²) in [6, 6.07) is 64.6. The monoisotopic (exact) mass is 702 g/mol. The molecule has 0 saturated carbocycles. The first-order chi connectivity index (χ1) is 27.1. The first kappa shape index (κ1) is 30.7. The van der Waals surface area contributed by atoms with Gasteiger partial charge in [-0.3, -0.25) is 0 Å². The molecule has 2 aliphatic heterocycles. The smallest absolute Gasteiger partial charge is 0.252 e. The number of benzene rings is 8. The molecule has 3 aliphatic rings. The predicted molar refractivity (Wildman–Crippen MR) is 231 cm³/mol. The van der Waals surface area contributed by atoms with E-state index in [0.29, 0.717) is 0 Å². The summed E-state index contributed by atoms with van der Waals surface area (Å²) in [5.74, 6) is 0. The molecule has 0 fully saturated rings. The van der Waals surface area contributed by atoms with E-state index in [4.69, 9.17) is 4.42 Å². The van der Waals surface area contributed by atoms with Gasteiger partial charge in [-0.15, -0.1) is 0 Å². The molecule has 3 heterocycles. The summed E-state index contributed by atoms with van der Waals surface area (Å²) in [6.07, 6.45) is 0. The Kier molecular flexibility index (Phi) is 6.20. The van der Waals surface area contributed by atoms with E-state index in [-0.39, 0.29) is 12.1 Å². The standard InChI is InChI=1S/C51H35BN2O/c1-51(2)38-15-5-3-13-35(38)36-30-27-33(31-39(36)51)32-25-28-34(29-26-32)53-42-18-8-6-16-40(42)52-41-17-7-9-19-43(41)54(46-22-11-21-45(53)50(46)52)44-20-12-24-48-49(44)37-14-4-10-23-47(37)55-48/h3-31H,1-2H3. The fourth-order valence-corrected chi connectivity index (χ4v) is 10.0. The molecule has 12 rings (SSSR count). The molecule has 8 aromatic carbocycles. The highest BCUT2D eigenvalue weighted by Gasteiger charge is 2.43. The van der Waals surface area contributed by atoms with Crippen molar-refractivity contribution in [2.75, 3.05) is 9.80 Å². The average molecular weight is 703 g/mol. The van der Waals surface area contributed by atoms with E-state index < -0.39 is 0 Å². The van der Waals surface area contributed by atoms with Gasteiger partial charge in [0.15, 0.2) is 0 Å². The van der Waals surface area contributed by atoms with Crippen LogP contribution in [-0.4, -0.2) is 6.71 Å². The maximum Gasteiger partial charge on any atom is 0.252 e. The van der Waals surface area contributed by atoms with Crippen molar-refractivity contribution < 1.29 is 4.42 Å². The number of hydrogen-bond donors (Lipinski definition) is 0. The second-order valence-electron chi connectivity index (χ2n) is 15.7. The van der Waals surface area contributed by atoms with Crippen LogP contribution in [0.1, 0.15) is 25.0 Å². The van der Waals surface area contributed by atoms with Crippen LogP contribution in [0.4, 0.5) is 34.1 Å². The zero-order valence-electron chi connectivity index (χ0n) is 30.6. The first-order valence-corrected chi connectivity index (χ1v) is 19.2. The number of fused-ring (bicyclic) bond motifs is 10. The molecule has 0 saturated heterocycles. The van der Waals surface area contributed by atoms with E-state index in [2.05, 4.69) is 194 Å². The summed E-state index contributed by atoms with van der Waals surface area (Å²) in [5.41, 5.74) is 20.7. The second-order valence-corrected chi connectivity index (χ2v) is 15.7. The lowest BCUT2D eigenvalue weighted by Crippen LogP contribution is -2.61. The fourth-order valence-electron chi connectivity index (χ4n) is 10.0. The minimum absolute atomic E-state index is 0.0366. The number of furan rings is 1. The largest absolute Gasteiger partial charge is 0.456 e. The number of rotatable bonds is 3. The lowest BCUT2D eigenvalue weighted by atomic mass is 9.33. The molecular weight excluding hydrogens is 667 g/mol. The van der Waals surface area contributed by atoms with Gasteiger partial charge in [-0.25, -0.2) is 0 Å². The number of nitrogens with zero attached hydrogens (tertiary/aromatic N) is 2. The van der Waals surface area contributed by atoms with Gasteiger partial charge in [-0.2, -0.15) is 0 Å². The molecule has 9 aromatic rings. The molecule has 0 N–H and O–H groups in total. The van der Waals surface area contributed by atoms with Crippen LogP contribution in [-0.2, 0) is 5.41 Å². The van der Waals surface area contributed by atoms with Gasteiger partial charge >= 0.3 is 0 Å². The Bertz CT molecular complexity index is 3050. The van der Waals surface area contributed by atoms with E-state index in [1.54, 1.807) is 0 Å². The molecule has 0 radical (unpaired) electrons. The Morgan fingerprint density at radius 3 is 1.85 bits per heavy atom. The maximum atomic E-state index is 6.41. The summed E-state index contributed by atoms with van der Waals surface area (Å²) >= 11 is 0. The first-order valence-electron chi connectivity index (χ1n) is 19.2. The van der Waals surface area contributed by atoms with Crippen molar-refractivity contribution in [1.29, 1.82) is 0 Å². The Morgan fingerprint density at radius 2 is 1.04 bits per heavy atom. The molecule has 258 valence electrons. The van der Waals surface area contributed by atoms with E-state index >= 15 is 0 Å². The zero-order valence-corrected chi connectivity index (χ0v) is 30.6. The van der Waals surface area contributed by atoms with E-state index in [1.807, 2.05) is 6.07 Å². The molecule has 0 bridgehead atoms. The molecule has 1 aliphatic carbocycles. The van der Waals surface area contributed by atoms with Crippen molar-refractivity contribution in [3.63, 3.8) is 0 Å². The molecule has 1 aromatic heterocycles. The van der Waals surface area contributed by atoms with Gasteiger partial charge in [-0.1, -0.05) is 129 Å². The molecule has 55 heavy (non-hydrogen) atoms. The van der Waals surface area contributed by atoms with Crippen LogP contribution in [0.15, 0.2) is 180 Å². The van der Waals surface area contributed by atoms with Crippen LogP contribution in [0.3, 0.4) is 0 Å². The van der Waals surface area contributed by atoms with Crippen LogP contribution >= 0.6 is 0 Å². The van der Waals surface area contributed by atoms with Crippen molar-refractivity contribution in [3.05, 3.63) is 187 Å². The fraction of sp³-hybridized carbons (Fsp3) is 0.0588. The van der Waals surface area contributed by atoms with Gasteiger partial charge in [0.25, 0.3) is 6.71 Å². The van der Waals surface area contributed by atoms with E-state index in [0.717, 1.165) is 33.3 Å². The van der Waals surface area contributed by atoms with Crippen LogP contribution < -0.4 is 26.2 Å². The van der Waals surface area contributed by atoms with Crippen molar-refractivity contribution in [1.82, 2.24) is 0 Å². The Balaban J connectivity index is 1.02. The third-order valence-electron chi connectivity index (χ3n) is 12.5. The Hall–Kier alpha value is -6.78. The highest BCUT2D eigenvalue weighted by atomic mass is 16.3. The maximum absolute atomic E-state index is 6.41. The van der Waals surface area contributed by atoms with Crippen LogP contribution in [0, 0.1) is 0 Å². The van der Waals surface area contributed by atoms with Gasteiger partial charge in [-0.05, 0) is 110 Å². The summed E-state index contributed by atoms with van der Waals surface area (Å²) in [7, 11) is 0. The topological polar surface area (TPSA) is 19.6 Å². The van der Waals surface area contributed by atoms with Crippen molar-refractivity contribution in [3.8, 4) is 22.3 Å². The normalized spacial score (nSPS) is 14.4. The summed E-state index contributed by atoms with van der Waals surface area (Å²) in [4.78, 5) is 4.94. The number of para-hydroxylation sites is 3. The molecule has 0 spiro atoms. The molecule has 3 nitrogen and oxygen atoms in total. The lowest BCUT2D eigenvalue weighted by Gasteiger charge is -2.44. The Labute approximate surface area is 320 Å². The Morgan fingerprint density at radius 1 is 0.455 bits per heavy atom. The van der Waals surface area contributed by atoms with Gasteiger partial charge in [0.05, 0.1) is 11.1 Å². The summed E-state index contributed by atoms with van der Waals surface area (Å²) < 4.78 is 6.41. The number of anilines is 6. The quantitative estimate of drug-likeness (QED) is 0.171. The van der Waals surface area contributed by atoms with Crippen LogP contribution in [0.25, 0.3) is 44.2 Å². The molecule has 0 amide bonds. The minimum Gasteiger partial charge on any atom is -0.456 e. The highest BCUT2D eigenvalue weighted by molar-refractivity contribution is 7.00. The summed E-state index contributed by atoms with van der Waals surface area (Å²) in [6.45, 7) is 4.79. The zero-order chi connectivity index (χ0) is 36.4. The molecule has 0 unspecified atom stereocenters. The van der Waals surface area contributed by atoms with Crippen molar-refractivity contribution in [2.24, 2.45) is 0 Å². The van der Waals surface area contributed by atoms with Crippen LogP contribution in [0.2, 0.25) is 0 Å². The molecular formula is C51H35BN2O. The third kappa shape index (κ3) is 4.17. The van der Waals surface area contributed by atoms with Crippen LogP contribution in [0.5, 0.6) is 0 Å². The van der Waals surface area contributed by atoms with E-state index in [9.17, 15) is 0 Å². The third-order valence-corrected chi connectivity index (χ3v) is 12.5. The molecule has 4 heteroatoms. The van der Waals surface area contributed by atoms with Gasteiger partial charge in [0.2, 0.25) is 0 Å². The second kappa shape index (κ2) is 11.1. The minimum atomic E-state index is -0.0366. The van der Waals surface area contributed by atoms with Crippen molar-refractivity contribution >= 4 is 79.2 Å². The van der Waals surface area contributed by atoms with Gasteiger partial charge in [0.1, 0.15) is 11.2 Å². The predicted octanol–water partition coefficient (Wildman–Crippen LogP) is 11.6. The molecule has 0 atom stereocenters. The average Bonchev–Trinajstić information content (AvgIpc) is 3.73.